The Hall–Kier alpha value is -2.12. The summed E-state index contributed by atoms with van der Waals surface area (Å²) in [5.74, 6) is -0.402. The van der Waals surface area contributed by atoms with Gasteiger partial charge in [0.25, 0.3) is 0 Å². The van der Waals surface area contributed by atoms with Crippen molar-refractivity contribution in [1.82, 2.24) is 15.1 Å². The molecule has 0 aromatic carbocycles. The summed E-state index contributed by atoms with van der Waals surface area (Å²) in [5, 5.41) is 16.9. The number of amides is 1. The van der Waals surface area contributed by atoms with Crippen LogP contribution >= 0.6 is 0 Å². The first-order chi connectivity index (χ1) is 7.51. The fourth-order valence-electron chi connectivity index (χ4n) is 1.16. The number of carbonyl (C=O) groups excluding carboxylic acids is 1. The summed E-state index contributed by atoms with van der Waals surface area (Å²) in [6.07, 6.45) is 1.17. The van der Waals surface area contributed by atoms with Crippen molar-refractivity contribution in [2.45, 2.75) is 13.0 Å². The molecule has 0 aliphatic rings. The van der Waals surface area contributed by atoms with E-state index in [-0.39, 0.29) is 17.5 Å². The van der Waals surface area contributed by atoms with E-state index in [1.165, 1.54) is 25.0 Å². The number of aromatic nitrogens is 2. The first-order valence-electron chi connectivity index (χ1n) is 4.50. The Morgan fingerprint density at radius 1 is 1.75 bits per heavy atom. The zero-order valence-electron chi connectivity index (χ0n) is 9.13. The van der Waals surface area contributed by atoms with Crippen LogP contribution in [0.15, 0.2) is 6.20 Å². The Balaban J connectivity index is 3.07. The van der Waals surface area contributed by atoms with E-state index in [0.717, 1.165) is 0 Å². The van der Waals surface area contributed by atoms with Crippen LogP contribution in [0.1, 0.15) is 13.0 Å². The monoisotopic (exact) mass is 228 g/mol. The molecule has 1 N–H and O–H groups in total. The van der Waals surface area contributed by atoms with Crippen LogP contribution < -0.4 is 10.1 Å². The summed E-state index contributed by atoms with van der Waals surface area (Å²) in [6.45, 7) is 1.58. The second kappa shape index (κ2) is 4.60. The van der Waals surface area contributed by atoms with Gasteiger partial charge in [-0.25, -0.2) is 4.68 Å². The van der Waals surface area contributed by atoms with Gasteiger partial charge in [0.2, 0.25) is 5.91 Å². The van der Waals surface area contributed by atoms with Crippen molar-refractivity contribution < 1.29 is 14.5 Å². The van der Waals surface area contributed by atoms with Crippen molar-refractivity contribution >= 4 is 11.6 Å². The molecular weight excluding hydrogens is 216 g/mol. The lowest BCUT2D eigenvalue weighted by Crippen LogP contribution is -2.28. The van der Waals surface area contributed by atoms with Crippen LogP contribution in [0.25, 0.3) is 0 Å². The van der Waals surface area contributed by atoms with Gasteiger partial charge in [-0.05, 0) is 6.92 Å². The van der Waals surface area contributed by atoms with E-state index >= 15 is 0 Å². The van der Waals surface area contributed by atoms with E-state index < -0.39 is 11.0 Å². The van der Waals surface area contributed by atoms with E-state index in [2.05, 4.69) is 10.4 Å². The number of rotatable bonds is 4. The molecule has 1 atom stereocenters. The summed E-state index contributed by atoms with van der Waals surface area (Å²) in [4.78, 5) is 21.3. The Bertz CT molecular complexity index is 414. The molecule has 0 aliphatic carbocycles. The summed E-state index contributed by atoms with van der Waals surface area (Å²) < 4.78 is 5.94. The van der Waals surface area contributed by atoms with Crippen LogP contribution in [0.3, 0.4) is 0 Å². The second-order valence-corrected chi connectivity index (χ2v) is 3.05. The summed E-state index contributed by atoms with van der Waals surface area (Å²) in [6, 6.07) is -0.632. The molecular formula is C8H12N4O4. The molecule has 16 heavy (non-hydrogen) atoms. The van der Waals surface area contributed by atoms with Crippen molar-refractivity contribution in [3.05, 3.63) is 16.3 Å². The number of ether oxygens (including phenoxy) is 1. The molecule has 1 amide bonds. The second-order valence-electron chi connectivity index (χ2n) is 3.05. The highest BCUT2D eigenvalue weighted by atomic mass is 16.6. The summed E-state index contributed by atoms with van der Waals surface area (Å²) in [5.41, 5.74) is -0.266. The zero-order chi connectivity index (χ0) is 12.3. The largest absolute Gasteiger partial charge is 0.475 e. The van der Waals surface area contributed by atoms with Gasteiger partial charge >= 0.3 is 11.6 Å². The maximum Gasteiger partial charge on any atom is 0.350 e. The molecule has 0 bridgehead atoms. The predicted octanol–water partition coefficient (Wildman–Crippen LogP) is 0.107. The topological polar surface area (TPSA) is 99.3 Å². The minimum Gasteiger partial charge on any atom is -0.475 e. The van der Waals surface area contributed by atoms with Gasteiger partial charge in [-0.1, -0.05) is 0 Å². The molecule has 0 radical (unpaired) electrons. The fraction of sp³-hybridized carbons (Fsp3) is 0.500. The highest BCUT2D eigenvalue weighted by Gasteiger charge is 2.24. The molecule has 0 saturated carbocycles. The number of nitrogens with zero attached hydrogens (tertiary/aromatic N) is 3. The number of methoxy groups -OCH3 is 1. The van der Waals surface area contributed by atoms with E-state index in [9.17, 15) is 14.9 Å². The number of hydrogen-bond acceptors (Lipinski definition) is 5. The lowest BCUT2D eigenvalue weighted by atomic mass is 10.3. The lowest BCUT2D eigenvalue weighted by molar-refractivity contribution is -0.385. The Labute approximate surface area is 91.3 Å². The third-order valence-electron chi connectivity index (χ3n) is 2.09. The average Bonchev–Trinajstić information content (AvgIpc) is 2.70. The first kappa shape index (κ1) is 12.0. The van der Waals surface area contributed by atoms with Crippen molar-refractivity contribution in [3.63, 3.8) is 0 Å². The number of nitrogens with one attached hydrogen (secondary N) is 1. The molecule has 0 aliphatic heterocycles. The Morgan fingerprint density at radius 3 is 2.75 bits per heavy atom. The molecule has 88 valence electrons. The quantitative estimate of drug-likeness (QED) is 0.582. The normalized spacial score (nSPS) is 11.9. The van der Waals surface area contributed by atoms with Crippen molar-refractivity contribution in [2.24, 2.45) is 0 Å². The van der Waals surface area contributed by atoms with Crippen LogP contribution in [0.5, 0.6) is 5.88 Å². The SMILES string of the molecule is CNC(=O)C(C)n1cc([N+](=O)[O-])c(OC)n1. The molecule has 1 heterocycles. The lowest BCUT2D eigenvalue weighted by Gasteiger charge is -2.08. The third-order valence-corrected chi connectivity index (χ3v) is 2.09. The van der Waals surface area contributed by atoms with Crippen molar-refractivity contribution in [1.29, 1.82) is 0 Å². The minimum absolute atomic E-state index is 0.110. The van der Waals surface area contributed by atoms with Crippen molar-refractivity contribution in [3.8, 4) is 5.88 Å². The maximum atomic E-state index is 11.3. The van der Waals surface area contributed by atoms with Gasteiger partial charge in [-0.15, -0.1) is 5.10 Å². The molecule has 1 aromatic heterocycles. The molecule has 0 fully saturated rings. The summed E-state index contributed by atoms with van der Waals surface area (Å²) in [7, 11) is 2.76. The van der Waals surface area contributed by atoms with Crippen LogP contribution in [0.2, 0.25) is 0 Å². The molecule has 1 unspecified atom stereocenters. The molecule has 1 rings (SSSR count). The summed E-state index contributed by atoms with van der Waals surface area (Å²) >= 11 is 0. The minimum atomic E-state index is -0.632. The smallest absolute Gasteiger partial charge is 0.350 e. The van der Waals surface area contributed by atoms with Crippen LogP contribution in [-0.4, -0.2) is 34.8 Å². The molecule has 0 saturated heterocycles. The van der Waals surface area contributed by atoms with Crippen LogP contribution in [0.4, 0.5) is 5.69 Å². The van der Waals surface area contributed by atoms with Gasteiger partial charge in [0.15, 0.2) is 0 Å². The van der Waals surface area contributed by atoms with Gasteiger partial charge in [-0.3, -0.25) is 14.9 Å². The standard InChI is InChI=1S/C8H12N4O4/c1-5(7(13)9-2)11-4-6(12(14)15)8(10-11)16-3/h4-5H,1-3H3,(H,9,13). The van der Waals surface area contributed by atoms with E-state index in [0.29, 0.717) is 0 Å². The van der Waals surface area contributed by atoms with E-state index in [1.807, 2.05) is 0 Å². The zero-order valence-corrected chi connectivity index (χ0v) is 9.13. The van der Waals surface area contributed by atoms with Gasteiger partial charge in [0.1, 0.15) is 12.2 Å². The van der Waals surface area contributed by atoms with Gasteiger partial charge in [0, 0.05) is 7.05 Å². The molecule has 1 aromatic rings. The average molecular weight is 228 g/mol. The van der Waals surface area contributed by atoms with Crippen LogP contribution in [-0.2, 0) is 4.79 Å². The van der Waals surface area contributed by atoms with Crippen LogP contribution in [0, 0.1) is 10.1 Å². The Morgan fingerprint density at radius 2 is 2.38 bits per heavy atom. The Kier molecular flexibility index (Phi) is 3.44. The highest BCUT2D eigenvalue weighted by Crippen LogP contribution is 2.25. The number of nitro groups is 1. The maximum absolute atomic E-state index is 11.3. The van der Waals surface area contributed by atoms with Crippen molar-refractivity contribution in [2.75, 3.05) is 14.2 Å². The third kappa shape index (κ3) is 2.10. The highest BCUT2D eigenvalue weighted by molar-refractivity contribution is 5.79. The predicted molar refractivity (Wildman–Crippen MR) is 54.2 cm³/mol. The number of likely N-dealkylation sites (N-methyl/N-ethyl adjacent to an activating group) is 1. The fourth-order valence-corrected chi connectivity index (χ4v) is 1.16. The molecule has 8 heteroatoms. The first-order valence-corrected chi connectivity index (χ1v) is 4.50. The van der Waals surface area contributed by atoms with Gasteiger partial charge in [-0.2, -0.15) is 0 Å². The van der Waals surface area contributed by atoms with E-state index in [4.69, 9.17) is 4.74 Å². The van der Waals surface area contributed by atoms with Gasteiger partial charge < -0.3 is 10.1 Å². The van der Waals surface area contributed by atoms with E-state index in [1.54, 1.807) is 6.92 Å². The molecule has 0 spiro atoms. The number of hydrogen-bond donors (Lipinski definition) is 1. The number of carbonyl (C=O) groups is 1. The van der Waals surface area contributed by atoms with Gasteiger partial charge in [0.05, 0.1) is 12.0 Å². The molecule has 8 nitrogen and oxygen atoms in total.